The molecular formula is C23H25ClN2O3. The van der Waals surface area contributed by atoms with Gasteiger partial charge in [-0.3, -0.25) is 4.79 Å². The number of carbonyl (C=O) groups is 1. The smallest absolute Gasteiger partial charge is 0.280 e. The number of hydrazone groups is 1. The number of anilines is 1. The second kappa shape index (κ2) is 9.14. The van der Waals surface area contributed by atoms with Crippen molar-refractivity contribution in [1.29, 1.82) is 0 Å². The van der Waals surface area contributed by atoms with Gasteiger partial charge in [0, 0.05) is 0 Å². The third-order valence-electron chi connectivity index (χ3n) is 4.60. The highest BCUT2D eigenvalue weighted by Crippen LogP contribution is 2.38. The van der Waals surface area contributed by atoms with Gasteiger partial charge in [0.1, 0.15) is 0 Å². The van der Waals surface area contributed by atoms with E-state index in [4.69, 9.17) is 21.1 Å². The molecule has 6 heteroatoms. The Labute approximate surface area is 176 Å². The molecule has 0 bridgehead atoms. The highest BCUT2D eigenvalue weighted by Gasteiger charge is 2.28. The number of halogens is 1. The van der Waals surface area contributed by atoms with Crippen molar-refractivity contribution in [3.63, 3.8) is 0 Å². The molecular weight excluding hydrogens is 388 g/mol. The molecule has 0 spiro atoms. The molecule has 0 unspecified atom stereocenters. The molecule has 2 aromatic carbocycles. The van der Waals surface area contributed by atoms with Crippen molar-refractivity contribution in [1.82, 2.24) is 0 Å². The highest BCUT2D eigenvalue weighted by atomic mass is 35.5. The SMILES string of the molecule is CCOc1cc(/C=C2/C(=O)N(c3ccccc3)N=C2C)cc(Cl)c1O[C@H](C)CC. The lowest BCUT2D eigenvalue weighted by Gasteiger charge is -2.18. The van der Waals surface area contributed by atoms with Gasteiger partial charge in [-0.15, -0.1) is 0 Å². The van der Waals surface area contributed by atoms with Crippen molar-refractivity contribution in [2.45, 2.75) is 40.2 Å². The summed E-state index contributed by atoms with van der Waals surface area (Å²) in [6.45, 7) is 8.23. The first-order valence-corrected chi connectivity index (χ1v) is 10.1. The van der Waals surface area contributed by atoms with Crippen molar-refractivity contribution >= 4 is 35.0 Å². The maximum Gasteiger partial charge on any atom is 0.280 e. The lowest BCUT2D eigenvalue weighted by molar-refractivity contribution is -0.114. The number of benzene rings is 2. The fourth-order valence-electron chi connectivity index (χ4n) is 2.93. The monoisotopic (exact) mass is 412 g/mol. The van der Waals surface area contributed by atoms with Gasteiger partial charge in [-0.25, -0.2) is 0 Å². The maximum atomic E-state index is 12.9. The predicted molar refractivity (Wildman–Crippen MR) is 118 cm³/mol. The van der Waals surface area contributed by atoms with Crippen LogP contribution in [0.3, 0.4) is 0 Å². The number of hydrogen-bond donors (Lipinski definition) is 0. The Balaban J connectivity index is 1.95. The van der Waals surface area contributed by atoms with Crippen molar-refractivity contribution in [3.05, 3.63) is 58.6 Å². The molecule has 0 aromatic heterocycles. The van der Waals surface area contributed by atoms with Crippen LogP contribution in [0.1, 0.15) is 39.7 Å². The Kier molecular flexibility index (Phi) is 6.60. The quantitative estimate of drug-likeness (QED) is 0.546. The van der Waals surface area contributed by atoms with Gasteiger partial charge in [-0.2, -0.15) is 10.1 Å². The fraction of sp³-hybridized carbons (Fsp3) is 0.304. The molecule has 0 radical (unpaired) electrons. The van der Waals surface area contributed by atoms with Crippen molar-refractivity contribution in [2.75, 3.05) is 11.6 Å². The van der Waals surface area contributed by atoms with E-state index in [-0.39, 0.29) is 12.0 Å². The maximum absolute atomic E-state index is 12.9. The molecule has 0 fully saturated rings. The molecule has 1 aliphatic rings. The molecule has 0 saturated heterocycles. The van der Waals surface area contributed by atoms with Crippen LogP contribution >= 0.6 is 11.6 Å². The molecule has 3 rings (SSSR count). The van der Waals surface area contributed by atoms with E-state index in [0.717, 1.165) is 17.7 Å². The summed E-state index contributed by atoms with van der Waals surface area (Å²) in [5.74, 6) is 0.911. The fourth-order valence-corrected chi connectivity index (χ4v) is 3.19. The first-order chi connectivity index (χ1) is 13.9. The minimum atomic E-state index is -0.178. The van der Waals surface area contributed by atoms with Crippen LogP contribution in [0, 0.1) is 0 Å². The van der Waals surface area contributed by atoms with Crippen molar-refractivity contribution in [2.24, 2.45) is 5.10 Å². The topological polar surface area (TPSA) is 51.1 Å². The minimum Gasteiger partial charge on any atom is -0.490 e. The molecule has 29 heavy (non-hydrogen) atoms. The van der Waals surface area contributed by atoms with Crippen LogP contribution in [0.2, 0.25) is 5.02 Å². The third kappa shape index (κ3) is 4.62. The summed E-state index contributed by atoms with van der Waals surface area (Å²) < 4.78 is 11.7. The van der Waals surface area contributed by atoms with Crippen LogP contribution in [0.25, 0.3) is 6.08 Å². The summed E-state index contributed by atoms with van der Waals surface area (Å²) in [5.41, 5.74) is 2.64. The van der Waals surface area contributed by atoms with Gasteiger partial charge in [0.05, 0.1) is 34.7 Å². The average Bonchev–Trinajstić information content (AvgIpc) is 2.99. The van der Waals surface area contributed by atoms with Crippen molar-refractivity contribution in [3.8, 4) is 11.5 Å². The largest absolute Gasteiger partial charge is 0.490 e. The van der Waals surface area contributed by atoms with Gasteiger partial charge in [0.25, 0.3) is 5.91 Å². The van der Waals surface area contributed by atoms with Crippen LogP contribution in [0.15, 0.2) is 53.1 Å². The minimum absolute atomic E-state index is 0.0149. The van der Waals surface area contributed by atoms with E-state index in [9.17, 15) is 4.79 Å². The van der Waals surface area contributed by atoms with Gasteiger partial charge < -0.3 is 9.47 Å². The van der Waals surface area contributed by atoms with Crippen LogP contribution in [0.5, 0.6) is 11.5 Å². The summed E-state index contributed by atoms with van der Waals surface area (Å²) in [5, 5.41) is 6.27. The van der Waals surface area contributed by atoms with E-state index in [0.29, 0.717) is 34.4 Å². The Bertz CT molecular complexity index is 954. The number of hydrogen-bond acceptors (Lipinski definition) is 4. The number of ether oxygens (including phenoxy) is 2. The number of rotatable bonds is 7. The number of para-hydroxylation sites is 1. The Morgan fingerprint density at radius 1 is 1.21 bits per heavy atom. The molecule has 0 aliphatic carbocycles. The summed E-state index contributed by atoms with van der Waals surface area (Å²) in [6.07, 6.45) is 2.65. The Morgan fingerprint density at radius 3 is 2.59 bits per heavy atom. The lowest BCUT2D eigenvalue weighted by Crippen LogP contribution is -2.21. The molecule has 1 aliphatic heterocycles. The molecule has 152 valence electrons. The van der Waals surface area contributed by atoms with Gasteiger partial charge in [-0.05, 0) is 63.1 Å². The van der Waals surface area contributed by atoms with E-state index in [1.807, 2.05) is 64.1 Å². The average molecular weight is 413 g/mol. The number of amides is 1. The van der Waals surface area contributed by atoms with Crippen LogP contribution in [0.4, 0.5) is 5.69 Å². The first kappa shape index (κ1) is 20.9. The van der Waals surface area contributed by atoms with E-state index in [2.05, 4.69) is 5.10 Å². The zero-order valence-corrected chi connectivity index (χ0v) is 17.9. The zero-order chi connectivity index (χ0) is 21.0. The Morgan fingerprint density at radius 2 is 1.93 bits per heavy atom. The first-order valence-electron chi connectivity index (χ1n) is 9.74. The molecule has 1 heterocycles. The molecule has 1 amide bonds. The standard InChI is InChI=1S/C23H25ClN2O3/c1-5-15(3)29-22-20(24)13-17(14-21(22)28-6-2)12-19-16(4)25-26(23(19)27)18-10-8-7-9-11-18/h7-15H,5-6H2,1-4H3/b19-12+/t15-/m1/s1. The summed E-state index contributed by atoms with van der Waals surface area (Å²) >= 11 is 6.49. The predicted octanol–water partition coefficient (Wildman–Crippen LogP) is 5.72. The van der Waals surface area contributed by atoms with Crippen LogP contribution in [-0.4, -0.2) is 24.3 Å². The van der Waals surface area contributed by atoms with Gasteiger partial charge in [-0.1, -0.05) is 36.7 Å². The summed E-state index contributed by atoms with van der Waals surface area (Å²) in [6, 6.07) is 13.0. The molecule has 5 nitrogen and oxygen atoms in total. The Hall–Kier alpha value is -2.79. The summed E-state index contributed by atoms with van der Waals surface area (Å²) in [7, 11) is 0. The molecule has 0 N–H and O–H groups in total. The zero-order valence-electron chi connectivity index (χ0n) is 17.1. The van der Waals surface area contributed by atoms with E-state index < -0.39 is 0 Å². The molecule has 0 saturated carbocycles. The number of carbonyl (C=O) groups excluding carboxylic acids is 1. The summed E-state index contributed by atoms with van der Waals surface area (Å²) in [4.78, 5) is 12.9. The van der Waals surface area contributed by atoms with E-state index >= 15 is 0 Å². The lowest BCUT2D eigenvalue weighted by atomic mass is 10.1. The molecule has 2 aromatic rings. The second-order valence-corrected chi connectivity index (χ2v) is 7.20. The number of nitrogens with zero attached hydrogens (tertiary/aromatic N) is 2. The third-order valence-corrected chi connectivity index (χ3v) is 4.88. The van der Waals surface area contributed by atoms with Gasteiger partial charge >= 0.3 is 0 Å². The van der Waals surface area contributed by atoms with Gasteiger partial charge in [0.15, 0.2) is 11.5 Å². The second-order valence-electron chi connectivity index (χ2n) is 6.80. The van der Waals surface area contributed by atoms with E-state index in [1.54, 1.807) is 12.1 Å². The van der Waals surface area contributed by atoms with Gasteiger partial charge in [0.2, 0.25) is 0 Å². The van der Waals surface area contributed by atoms with E-state index in [1.165, 1.54) is 5.01 Å². The highest BCUT2D eigenvalue weighted by molar-refractivity contribution is 6.33. The van der Waals surface area contributed by atoms with Crippen molar-refractivity contribution < 1.29 is 14.3 Å². The van der Waals surface area contributed by atoms with Crippen LogP contribution < -0.4 is 14.5 Å². The van der Waals surface area contributed by atoms with Crippen LogP contribution in [-0.2, 0) is 4.79 Å². The molecule has 1 atom stereocenters. The normalized spacial score (nSPS) is 16.2.